The van der Waals surface area contributed by atoms with E-state index in [-0.39, 0.29) is 29.7 Å². The summed E-state index contributed by atoms with van der Waals surface area (Å²) in [5.41, 5.74) is 0.773. The molecule has 1 aliphatic carbocycles. The van der Waals surface area contributed by atoms with Gasteiger partial charge in [-0.3, -0.25) is 14.6 Å². The Kier molecular flexibility index (Phi) is 6.37. The van der Waals surface area contributed by atoms with Gasteiger partial charge in [-0.2, -0.15) is 4.98 Å². The van der Waals surface area contributed by atoms with Crippen LogP contribution in [0.5, 0.6) is 0 Å². The lowest BCUT2D eigenvalue weighted by Crippen LogP contribution is -2.48. The summed E-state index contributed by atoms with van der Waals surface area (Å²) < 4.78 is 7.35. The van der Waals surface area contributed by atoms with E-state index in [0.29, 0.717) is 43.5 Å². The zero-order valence-electron chi connectivity index (χ0n) is 19.3. The number of pyridine rings is 1. The van der Waals surface area contributed by atoms with E-state index in [0.717, 1.165) is 31.2 Å². The van der Waals surface area contributed by atoms with E-state index in [9.17, 15) is 9.59 Å². The molecule has 1 saturated carbocycles. The minimum absolute atomic E-state index is 0.0148. The first-order chi connectivity index (χ1) is 16.6. The van der Waals surface area contributed by atoms with E-state index in [1.165, 1.54) is 0 Å². The van der Waals surface area contributed by atoms with Gasteiger partial charge in [0.05, 0.1) is 5.92 Å². The number of amides is 2. The third kappa shape index (κ3) is 4.44. The van der Waals surface area contributed by atoms with Gasteiger partial charge in [0.25, 0.3) is 5.91 Å². The molecule has 0 unspecified atom stereocenters. The molecule has 0 aromatic carbocycles. The number of fused-ring (bicyclic) bond motifs is 1. The molecule has 4 heterocycles. The van der Waals surface area contributed by atoms with Crippen LogP contribution in [0.2, 0.25) is 0 Å². The summed E-state index contributed by atoms with van der Waals surface area (Å²) in [4.78, 5) is 41.6. The molecule has 1 saturated heterocycles. The third-order valence-electron chi connectivity index (χ3n) is 6.88. The average molecular weight is 464 g/mol. The van der Waals surface area contributed by atoms with Gasteiger partial charge in [-0.1, -0.05) is 18.0 Å². The summed E-state index contributed by atoms with van der Waals surface area (Å²) in [6.07, 6.45) is 11.8. The Balaban J connectivity index is 1.44. The lowest BCUT2D eigenvalue weighted by molar-refractivity contribution is -0.126. The van der Waals surface area contributed by atoms with Crippen molar-refractivity contribution in [3.63, 3.8) is 0 Å². The number of hydrogen-bond donors (Lipinski definition) is 1. The third-order valence-corrected chi connectivity index (χ3v) is 6.88. The first kappa shape index (κ1) is 22.2. The molecule has 2 aliphatic rings. The Morgan fingerprint density at radius 2 is 2.06 bits per heavy atom. The van der Waals surface area contributed by atoms with Gasteiger partial charge < -0.3 is 19.3 Å². The second kappa shape index (κ2) is 9.74. The number of aromatic nitrogens is 5. The highest BCUT2D eigenvalue weighted by Crippen LogP contribution is 2.41. The topological polar surface area (TPSA) is 119 Å². The molecule has 3 atom stereocenters. The van der Waals surface area contributed by atoms with Crippen molar-refractivity contribution in [3.05, 3.63) is 48.6 Å². The fraction of sp³-hybridized carbons (Fsp3) is 0.500. The molecule has 5 rings (SSSR count). The van der Waals surface area contributed by atoms with Crippen molar-refractivity contribution in [1.82, 2.24) is 34.9 Å². The second-order valence-corrected chi connectivity index (χ2v) is 9.11. The van der Waals surface area contributed by atoms with Crippen molar-refractivity contribution >= 4 is 11.8 Å². The van der Waals surface area contributed by atoms with Gasteiger partial charge in [0.1, 0.15) is 0 Å². The van der Waals surface area contributed by atoms with Crippen LogP contribution < -0.4 is 5.32 Å². The Bertz CT molecular complexity index is 1140. The minimum Gasteiger partial charge on any atom is -0.356 e. The maximum absolute atomic E-state index is 13.6. The summed E-state index contributed by atoms with van der Waals surface area (Å²) in [5, 5.41) is 7.22. The standard InChI is InChI=1S/C24H29N7O3/c1-30-12-10-26-21(30)24(33)31-11-5-3-2-4-9-27-22(32)18-13-17(14-19(18)31)23-28-20(29-34-23)16-7-6-8-25-15-16/h6-8,10,12,15,17-19H,2-5,9,11,13-14H2,1H3,(H,27,32)/t17-,18-,19+/m1/s1. The van der Waals surface area contributed by atoms with Crippen LogP contribution in [0.1, 0.15) is 61.0 Å². The van der Waals surface area contributed by atoms with Crippen LogP contribution in [0.25, 0.3) is 11.4 Å². The first-order valence-electron chi connectivity index (χ1n) is 11.9. The van der Waals surface area contributed by atoms with E-state index in [1.54, 1.807) is 29.4 Å². The Hall–Kier alpha value is -3.56. The van der Waals surface area contributed by atoms with Crippen LogP contribution in [-0.2, 0) is 11.8 Å². The maximum Gasteiger partial charge on any atom is 0.290 e. The van der Waals surface area contributed by atoms with Crippen molar-refractivity contribution in [3.8, 4) is 11.4 Å². The highest BCUT2D eigenvalue weighted by molar-refractivity contribution is 5.92. The fourth-order valence-electron chi connectivity index (χ4n) is 5.08. The van der Waals surface area contributed by atoms with Crippen molar-refractivity contribution in [2.24, 2.45) is 13.0 Å². The van der Waals surface area contributed by atoms with Crippen molar-refractivity contribution < 1.29 is 14.1 Å². The average Bonchev–Trinajstić information content (AvgIpc) is 3.60. The van der Waals surface area contributed by atoms with Gasteiger partial charge in [0.15, 0.2) is 5.82 Å². The maximum atomic E-state index is 13.6. The highest BCUT2D eigenvalue weighted by atomic mass is 16.5. The summed E-state index contributed by atoms with van der Waals surface area (Å²) in [5.74, 6) is 0.739. The Labute approximate surface area is 197 Å². The van der Waals surface area contributed by atoms with Gasteiger partial charge in [-0.15, -0.1) is 0 Å². The first-order valence-corrected chi connectivity index (χ1v) is 11.9. The molecule has 2 fully saturated rings. The van der Waals surface area contributed by atoms with Crippen LogP contribution in [0.3, 0.4) is 0 Å². The molecule has 178 valence electrons. The van der Waals surface area contributed by atoms with Gasteiger partial charge >= 0.3 is 0 Å². The normalized spacial score (nSPS) is 23.7. The van der Waals surface area contributed by atoms with Crippen LogP contribution in [0.4, 0.5) is 0 Å². The molecule has 34 heavy (non-hydrogen) atoms. The van der Waals surface area contributed by atoms with Crippen molar-refractivity contribution in [1.29, 1.82) is 0 Å². The molecular weight excluding hydrogens is 434 g/mol. The Morgan fingerprint density at radius 1 is 1.18 bits per heavy atom. The quantitative estimate of drug-likeness (QED) is 0.634. The Morgan fingerprint density at radius 3 is 2.85 bits per heavy atom. The molecule has 3 aromatic heterocycles. The van der Waals surface area contributed by atoms with Gasteiger partial charge in [0.2, 0.25) is 17.6 Å². The van der Waals surface area contributed by atoms with Gasteiger partial charge in [0, 0.05) is 62.4 Å². The molecule has 1 N–H and O–H groups in total. The van der Waals surface area contributed by atoms with E-state index in [1.807, 2.05) is 24.1 Å². The number of nitrogens with zero attached hydrogens (tertiary/aromatic N) is 6. The van der Waals surface area contributed by atoms with E-state index < -0.39 is 0 Å². The zero-order valence-corrected chi connectivity index (χ0v) is 19.3. The van der Waals surface area contributed by atoms with Gasteiger partial charge in [-0.05, 0) is 37.8 Å². The number of aryl methyl sites for hydroxylation is 1. The molecule has 0 bridgehead atoms. The molecule has 0 spiro atoms. The number of nitrogens with one attached hydrogen (secondary N) is 1. The van der Waals surface area contributed by atoms with E-state index in [4.69, 9.17) is 4.52 Å². The molecule has 3 aromatic rings. The van der Waals surface area contributed by atoms with Crippen LogP contribution >= 0.6 is 0 Å². The fourth-order valence-corrected chi connectivity index (χ4v) is 5.08. The molecular formula is C24H29N7O3. The van der Waals surface area contributed by atoms with Crippen LogP contribution in [0, 0.1) is 5.92 Å². The number of rotatable bonds is 3. The van der Waals surface area contributed by atoms with Crippen LogP contribution in [-0.4, -0.2) is 60.5 Å². The van der Waals surface area contributed by atoms with Crippen molar-refractivity contribution in [2.75, 3.05) is 13.1 Å². The molecule has 10 heteroatoms. The summed E-state index contributed by atoms with van der Waals surface area (Å²) in [6.45, 7) is 1.25. The predicted molar refractivity (Wildman–Crippen MR) is 123 cm³/mol. The minimum atomic E-state index is -0.346. The van der Waals surface area contributed by atoms with E-state index in [2.05, 4.69) is 25.4 Å². The monoisotopic (exact) mass is 463 g/mol. The molecule has 0 radical (unpaired) electrons. The van der Waals surface area contributed by atoms with Crippen molar-refractivity contribution in [2.45, 2.75) is 50.5 Å². The number of carbonyl (C=O) groups is 2. The zero-order chi connectivity index (χ0) is 23.5. The van der Waals surface area contributed by atoms with E-state index >= 15 is 0 Å². The largest absolute Gasteiger partial charge is 0.356 e. The second-order valence-electron chi connectivity index (χ2n) is 9.11. The number of hydrogen-bond acceptors (Lipinski definition) is 7. The molecule has 1 aliphatic heterocycles. The van der Waals surface area contributed by atoms with Crippen LogP contribution in [0.15, 0.2) is 41.4 Å². The number of imidazole rings is 1. The highest BCUT2D eigenvalue weighted by Gasteiger charge is 2.46. The SMILES string of the molecule is Cn1ccnc1C(=O)N1CCCCCCNC(=O)[C@@H]2C[C@@H](c3nc(-c4cccnc4)no3)C[C@@H]21. The summed E-state index contributed by atoms with van der Waals surface area (Å²) >= 11 is 0. The molecule has 2 amide bonds. The molecule has 10 nitrogen and oxygen atoms in total. The summed E-state index contributed by atoms with van der Waals surface area (Å²) in [7, 11) is 1.81. The predicted octanol–water partition coefficient (Wildman–Crippen LogP) is 2.56. The smallest absolute Gasteiger partial charge is 0.290 e. The lowest BCUT2D eigenvalue weighted by Gasteiger charge is -2.32. The number of carbonyl (C=O) groups excluding carboxylic acids is 2. The lowest BCUT2D eigenvalue weighted by atomic mass is 10.00. The van der Waals surface area contributed by atoms with Gasteiger partial charge in [-0.25, -0.2) is 4.98 Å². The summed E-state index contributed by atoms with van der Waals surface area (Å²) in [6, 6.07) is 3.44.